The van der Waals surface area contributed by atoms with Crippen molar-refractivity contribution >= 4 is 11.8 Å². The van der Waals surface area contributed by atoms with E-state index in [4.69, 9.17) is 4.74 Å². The summed E-state index contributed by atoms with van der Waals surface area (Å²) in [5, 5.41) is 0. The molecule has 3 heterocycles. The summed E-state index contributed by atoms with van der Waals surface area (Å²) in [6, 6.07) is 0. The fourth-order valence-corrected chi connectivity index (χ4v) is 3.92. The molecule has 0 unspecified atom stereocenters. The fourth-order valence-electron chi connectivity index (χ4n) is 3.92. The van der Waals surface area contributed by atoms with E-state index in [1.165, 1.54) is 0 Å². The Morgan fingerprint density at radius 2 is 2.09 bits per heavy atom. The molecule has 3 aliphatic heterocycles. The van der Waals surface area contributed by atoms with E-state index in [1.807, 2.05) is 4.90 Å². The summed E-state index contributed by atoms with van der Waals surface area (Å²) in [6.45, 7) is 3.39. The van der Waals surface area contributed by atoms with Gasteiger partial charge in [-0.15, -0.1) is 0 Å². The number of alkyl halides is 1. The number of nitrogens with zero attached hydrogens (tertiary/aromatic N) is 2. The zero-order valence-electron chi connectivity index (χ0n) is 12.9. The van der Waals surface area contributed by atoms with E-state index < -0.39 is 5.67 Å². The number of likely N-dealkylation sites (tertiary alicyclic amines) is 2. The minimum Gasteiger partial charge on any atom is -0.371 e. The molecule has 6 heteroatoms. The molecule has 0 bridgehead atoms. The van der Waals surface area contributed by atoms with Crippen LogP contribution in [0.2, 0.25) is 0 Å². The number of hydrogen-bond donors (Lipinski definition) is 0. The molecule has 122 valence electrons. The topological polar surface area (TPSA) is 49.9 Å². The van der Waals surface area contributed by atoms with Crippen LogP contribution in [0.15, 0.2) is 0 Å². The van der Waals surface area contributed by atoms with Crippen LogP contribution >= 0.6 is 0 Å². The number of hydrogen-bond acceptors (Lipinski definition) is 3. The van der Waals surface area contributed by atoms with Gasteiger partial charge in [0.25, 0.3) is 5.91 Å². The molecular formula is C16H23FN2O3. The Morgan fingerprint density at radius 1 is 1.32 bits per heavy atom. The van der Waals surface area contributed by atoms with Crippen LogP contribution in [0.1, 0.15) is 38.5 Å². The van der Waals surface area contributed by atoms with E-state index in [0.29, 0.717) is 44.9 Å². The lowest BCUT2D eigenvalue weighted by molar-refractivity contribution is -0.193. The highest BCUT2D eigenvalue weighted by molar-refractivity contribution is 5.88. The third kappa shape index (κ3) is 2.41. The first-order valence-electron chi connectivity index (χ1n) is 8.40. The summed E-state index contributed by atoms with van der Waals surface area (Å²) in [5.74, 6) is 0.318. The van der Waals surface area contributed by atoms with E-state index in [2.05, 4.69) is 0 Å². The van der Waals surface area contributed by atoms with Crippen molar-refractivity contribution in [3.63, 3.8) is 0 Å². The van der Waals surface area contributed by atoms with Crippen molar-refractivity contribution in [1.29, 1.82) is 0 Å². The van der Waals surface area contributed by atoms with Crippen molar-refractivity contribution < 1.29 is 18.7 Å². The summed E-state index contributed by atoms with van der Waals surface area (Å²) in [7, 11) is 0. The third-order valence-electron chi connectivity index (χ3n) is 5.60. The van der Waals surface area contributed by atoms with Crippen LogP contribution in [-0.4, -0.2) is 65.7 Å². The molecule has 0 N–H and O–H groups in total. The van der Waals surface area contributed by atoms with E-state index in [1.54, 1.807) is 4.90 Å². The Morgan fingerprint density at radius 3 is 2.64 bits per heavy atom. The largest absolute Gasteiger partial charge is 0.371 e. The second kappa shape index (κ2) is 4.91. The van der Waals surface area contributed by atoms with Gasteiger partial charge in [-0.3, -0.25) is 9.59 Å². The van der Waals surface area contributed by atoms with Gasteiger partial charge in [-0.25, -0.2) is 4.39 Å². The number of carbonyl (C=O) groups is 2. The molecule has 1 atom stereocenters. The highest BCUT2D eigenvalue weighted by atomic mass is 19.1. The number of amides is 2. The Hall–Kier alpha value is -1.17. The first kappa shape index (κ1) is 14.4. The van der Waals surface area contributed by atoms with Gasteiger partial charge < -0.3 is 14.5 Å². The van der Waals surface area contributed by atoms with Crippen molar-refractivity contribution in [3.05, 3.63) is 0 Å². The van der Waals surface area contributed by atoms with E-state index >= 15 is 0 Å². The van der Waals surface area contributed by atoms with Crippen LogP contribution in [0, 0.1) is 5.92 Å². The number of ether oxygens (including phenoxy) is 1. The van der Waals surface area contributed by atoms with E-state index in [9.17, 15) is 14.0 Å². The molecule has 4 aliphatic rings. The van der Waals surface area contributed by atoms with Gasteiger partial charge in [-0.2, -0.15) is 0 Å². The van der Waals surface area contributed by atoms with Crippen LogP contribution in [0.3, 0.4) is 0 Å². The molecule has 2 amide bonds. The van der Waals surface area contributed by atoms with Gasteiger partial charge in [0.1, 0.15) is 5.60 Å². The lowest BCUT2D eigenvalue weighted by Gasteiger charge is -2.53. The molecular weight excluding hydrogens is 287 g/mol. The molecule has 4 fully saturated rings. The number of rotatable bonds is 3. The predicted molar refractivity (Wildman–Crippen MR) is 76.9 cm³/mol. The molecule has 0 aromatic carbocycles. The number of carbonyl (C=O) groups excluding carboxylic acids is 2. The van der Waals surface area contributed by atoms with Gasteiger partial charge in [-0.1, -0.05) is 0 Å². The first-order chi connectivity index (χ1) is 10.5. The maximum absolute atomic E-state index is 13.8. The van der Waals surface area contributed by atoms with E-state index in [0.717, 1.165) is 32.4 Å². The molecule has 0 aromatic heterocycles. The Bertz CT molecular complexity index is 490. The molecule has 1 saturated carbocycles. The Balaban J connectivity index is 1.25. The average Bonchev–Trinajstić information content (AvgIpc) is 3.11. The maximum Gasteiger partial charge on any atom is 0.260 e. The minimum absolute atomic E-state index is 0.244. The molecule has 22 heavy (non-hydrogen) atoms. The van der Waals surface area contributed by atoms with E-state index in [-0.39, 0.29) is 17.4 Å². The molecule has 1 aliphatic carbocycles. The second-order valence-electron chi connectivity index (χ2n) is 7.47. The molecule has 3 saturated heterocycles. The number of halogens is 1. The Labute approximate surface area is 129 Å². The van der Waals surface area contributed by atoms with Crippen molar-refractivity contribution in [2.45, 2.75) is 49.8 Å². The van der Waals surface area contributed by atoms with Crippen LogP contribution in [-0.2, 0) is 14.3 Å². The van der Waals surface area contributed by atoms with Crippen molar-refractivity contribution in [2.24, 2.45) is 5.92 Å². The maximum atomic E-state index is 13.8. The lowest BCUT2D eigenvalue weighted by atomic mass is 9.82. The smallest absolute Gasteiger partial charge is 0.260 e. The van der Waals surface area contributed by atoms with Crippen molar-refractivity contribution in [3.8, 4) is 0 Å². The Kier molecular flexibility index (Phi) is 3.22. The highest BCUT2D eigenvalue weighted by Crippen LogP contribution is 2.45. The van der Waals surface area contributed by atoms with Crippen LogP contribution < -0.4 is 0 Å². The lowest BCUT2D eigenvalue weighted by Crippen LogP contribution is -2.67. The van der Waals surface area contributed by atoms with Gasteiger partial charge in [0, 0.05) is 25.4 Å². The monoisotopic (exact) mass is 310 g/mol. The summed E-state index contributed by atoms with van der Waals surface area (Å²) >= 11 is 0. The quantitative estimate of drug-likeness (QED) is 0.785. The average molecular weight is 310 g/mol. The first-order valence-corrected chi connectivity index (χ1v) is 8.40. The summed E-state index contributed by atoms with van der Waals surface area (Å²) in [6.07, 6.45) is 4.33. The van der Waals surface area contributed by atoms with Gasteiger partial charge in [0.15, 0.2) is 5.67 Å². The van der Waals surface area contributed by atoms with Crippen LogP contribution in [0.25, 0.3) is 0 Å². The van der Waals surface area contributed by atoms with Gasteiger partial charge in [-0.05, 0) is 32.1 Å². The minimum atomic E-state index is -1.56. The SMILES string of the molecule is O=C1CCCN1C[C@@H]1CCC2(CN(C(=O)C3(F)CC3)C2)OC1. The summed E-state index contributed by atoms with van der Waals surface area (Å²) < 4.78 is 19.8. The standard InChI is InChI=1S/C16H23FN2O3/c17-16(5-6-16)14(21)19-10-15(11-19)4-3-12(9-22-15)8-18-7-1-2-13(18)20/h12H,1-11H2/t12-/m0/s1. The molecule has 0 radical (unpaired) electrons. The van der Waals surface area contributed by atoms with Crippen molar-refractivity contribution in [1.82, 2.24) is 9.80 Å². The molecule has 4 rings (SSSR count). The zero-order chi connectivity index (χ0) is 15.4. The van der Waals surface area contributed by atoms with Crippen LogP contribution in [0.5, 0.6) is 0 Å². The van der Waals surface area contributed by atoms with Gasteiger partial charge in [0.05, 0.1) is 19.7 Å². The molecule has 1 spiro atoms. The zero-order valence-corrected chi connectivity index (χ0v) is 12.9. The van der Waals surface area contributed by atoms with Gasteiger partial charge >= 0.3 is 0 Å². The van der Waals surface area contributed by atoms with Crippen LogP contribution in [0.4, 0.5) is 4.39 Å². The highest BCUT2D eigenvalue weighted by Gasteiger charge is 2.58. The molecule has 5 nitrogen and oxygen atoms in total. The van der Waals surface area contributed by atoms with Crippen molar-refractivity contribution in [2.75, 3.05) is 32.8 Å². The fraction of sp³-hybridized carbons (Fsp3) is 0.875. The second-order valence-corrected chi connectivity index (χ2v) is 7.47. The summed E-state index contributed by atoms with van der Waals surface area (Å²) in [5.41, 5.74) is -1.80. The summed E-state index contributed by atoms with van der Waals surface area (Å²) in [4.78, 5) is 27.1. The predicted octanol–water partition coefficient (Wildman–Crippen LogP) is 1.12. The third-order valence-corrected chi connectivity index (χ3v) is 5.60. The normalized spacial score (nSPS) is 32.2. The molecule has 0 aromatic rings. The van der Waals surface area contributed by atoms with Gasteiger partial charge in [0.2, 0.25) is 5.91 Å².